The molecule has 0 bridgehead atoms. The van der Waals surface area contributed by atoms with E-state index in [9.17, 15) is 0 Å². The average Bonchev–Trinajstić information content (AvgIpc) is 2.37. The maximum atomic E-state index is 5.41. The maximum Gasteiger partial charge on any atom is 0.122 e. The zero-order valence-electron chi connectivity index (χ0n) is 11.1. The van der Waals surface area contributed by atoms with Crippen molar-refractivity contribution in [2.75, 3.05) is 7.11 Å². The van der Waals surface area contributed by atoms with E-state index in [4.69, 9.17) is 4.74 Å². The number of para-hydroxylation sites is 1. The Kier molecular flexibility index (Phi) is 4.47. The van der Waals surface area contributed by atoms with Crippen LogP contribution in [0.3, 0.4) is 0 Å². The molecule has 1 heteroatoms. The van der Waals surface area contributed by atoms with E-state index in [1.807, 2.05) is 6.07 Å². The third-order valence-electron chi connectivity index (χ3n) is 4.06. The first-order chi connectivity index (χ1) is 8.29. The lowest BCUT2D eigenvalue weighted by atomic mass is 9.80. The predicted octanol–water partition coefficient (Wildman–Crippen LogP) is 4.45. The molecule has 1 nitrogen and oxygen atoms in total. The summed E-state index contributed by atoms with van der Waals surface area (Å²) in [5.41, 5.74) is 1.37. The summed E-state index contributed by atoms with van der Waals surface area (Å²) in [7, 11) is 1.77. The van der Waals surface area contributed by atoms with E-state index >= 15 is 0 Å². The van der Waals surface area contributed by atoms with Gasteiger partial charge in [0.1, 0.15) is 5.75 Å². The van der Waals surface area contributed by atoms with E-state index in [1.165, 1.54) is 44.1 Å². The van der Waals surface area contributed by atoms with Gasteiger partial charge in [-0.25, -0.2) is 0 Å². The molecular formula is C16H24O. The Hall–Kier alpha value is -0.980. The zero-order valence-corrected chi connectivity index (χ0v) is 11.1. The Morgan fingerprint density at radius 3 is 2.82 bits per heavy atom. The first-order valence-corrected chi connectivity index (χ1v) is 6.91. The molecule has 0 N–H and O–H groups in total. The number of ether oxygens (including phenoxy) is 1. The van der Waals surface area contributed by atoms with Crippen molar-refractivity contribution >= 4 is 0 Å². The molecule has 0 aromatic heterocycles. The normalized spacial score (nSPS) is 24.6. The minimum Gasteiger partial charge on any atom is -0.496 e. The third kappa shape index (κ3) is 3.49. The van der Waals surface area contributed by atoms with Gasteiger partial charge in [0.25, 0.3) is 0 Å². The second-order valence-corrected chi connectivity index (χ2v) is 5.49. The summed E-state index contributed by atoms with van der Waals surface area (Å²) < 4.78 is 5.41. The minimum absolute atomic E-state index is 0.934. The number of benzene rings is 1. The van der Waals surface area contributed by atoms with Crippen LogP contribution >= 0.6 is 0 Å². The summed E-state index contributed by atoms with van der Waals surface area (Å²) in [4.78, 5) is 0. The Bertz CT molecular complexity index is 345. The van der Waals surface area contributed by atoms with Crippen molar-refractivity contribution in [3.63, 3.8) is 0 Å². The number of hydrogen-bond acceptors (Lipinski definition) is 1. The summed E-state index contributed by atoms with van der Waals surface area (Å²) in [5.74, 6) is 2.92. The van der Waals surface area contributed by atoms with Gasteiger partial charge in [-0.1, -0.05) is 44.4 Å². The smallest absolute Gasteiger partial charge is 0.122 e. The fourth-order valence-electron chi connectivity index (χ4n) is 3.09. The summed E-state index contributed by atoms with van der Waals surface area (Å²) in [6, 6.07) is 8.43. The van der Waals surface area contributed by atoms with Gasteiger partial charge in [-0.05, 0) is 42.7 Å². The van der Waals surface area contributed by atoms with Gasteiger partial charge in [0.15, 0.2) is 0 Å². The van der Waals surface area contributed by atoms with Gasteiger partial charge < -0.3 is 4.74 Å². The van der Waals surface area contributed by atoms with Crippen molar-refractivity contribution in [3.8, 4) is 5.75 Å². The van der Waals surface area contributed by atoms with Crippen LogP contribution < -0.4 is 4.74 Å². The average molecular weight is 232 g/mol. The number of methoxy groups -OCH3 is 1. The summed E-state index contributed by atoms with van der Waals surface area (Å²) >= 11 is 0. The fraction of sp³-hybridized carbons (Fsp3) is 0.625. The standard InChI is InChI=1S/C16H24O/c1-13-6-5-7-14(12-13)10-11-15-8-3-4-9-16(15)17-2/h3-4,8-9,13-14H,5-7,10-12H2,1-2H3. The summed E-state index contributed by atoms with van der Waals surface area (Å²) in [6.07, 6.45) is 8.21. The molecule has 2 rings (SSSR count). The van der Waals surface area contributed by atoms with E-state index in [0.29, 0.717) is 0 Å². The number of rotatable bonds is 4. The SMILES string of the molecule is COc1ccccc1CCC1CCCC(C)C1. The van der Waals surface area contributed by atoms with Crippen LogP contribution in [-0.4, -0.2) is 7.11 Å². The first kappa shape index (κ1) is 12.5. The van der Waals surface area contributed by atoms with Crippen LogP contribution in [0.25, 0.3) is 0 Å². The van der Waals surface area contributed by atoms with Crippen LogP contribution in [0.5, 0.6) is 5.75 Å². The molecule has 2 unspecified atom stereocenters. The van der Waals surface area contributed by atoms with Gasteiger partial charge in [0.05, 0.1) is 7.11 Å². The summed E-state index contributed by atoms with van der Waals surface area (Å²) in [5, 5.41) is 0. The summed E-state index contributed by atoms with van der Waals surface area (Å²) in [6.45, 7) is 2.40. The first-order valence-electron chi connectivity index (χ1n) is 6.91. The minimum atomic E-state index is 0.934. The van der Waals surface area contributed by atoms with Crippen molar-refractivity contribution in [3.05, 3.63) is 29.8 Å². The third-order valence-corrected chi connectivity index (χ3v) is 4.06. The Morgan fingerprint density at radius 1 is 1.24 bits per heavy atom. The molecule has 1 aliphatic carbocycles. The largest absolute Gasteiger partial charge is 0.496 e. The van der Waals surface area contributed by atoms with Gasteiger partial charge >= 0.3 is 0 Å². The van der Waals surface area contributed by atoms with Crippen LogP contribution in [0.1, 0.15) is 44.6 Å². The van der Waals surface area contributed by atoms with Crippen LogP contribution in [-0.2, 0) is 6.42 Å². The van der Waals surface area contributed by atoms with E-state index in [-0.39, 0.29) is 0 Å². The van der Waals surface area contributed by atoms with Gasteiger partial charge in [0.2, 0.25) is 0 Å². The molecule has 0 heterocycles. The van der Waals surface area contributed by atoms with Gasteiger partial charge in [-0.2, -0.15) is 0 Å². The van der Waals surface area contributed by atoms with Crippen LogP contribution in [0.4, 0.5) is 0 Å². The number of aryl methyl sites for hydroxylation is 1. The number of hydrogen-bond donors (Lipinski definition) is 0. The highest BCUT2D eigenvalue weighted by Gasteiger charge is 2.18. The molecule has 0 spiro atoms. The molecule has 2 atom stereocenters. The fourth-order valence-corrected chi connectivity index (χ4v) is 3.09. The molecule has 0 saturated heterocycles. The second-order valence-electron chi connectivity index (χ2n) is 5.49. The van der Waals surface area contributed by atoms with E-state index < -0.39 is 0 Å². The Labute approximate surface area is 105 Å². The molecule has 94 valence electrons. The molecule has 1 aliphatic rings. The maximum absolute atomic E-state index is 5.41. The molecule has 1 fully saturated rings. The highest BCUT2D eigenvalue weighted by molar-refractivity contribution is 5.33. The molecule has 1 saturated carbocycles. The van der Waals surface area contributed by atoms with E-state index in [2.05, 4.69) is 25.1 Å². The van der Waals surface area contributed by atoms with Crippen LogP contribution in [0.15, 0.2) is 24.3 Å². The van der Waals surface area contributed by atoms with Crippen LogP contribution in [0.2, 0.25) is 0 Å². The quantitative estimate of drug-likeness (QED) is 0.745. The zero-order chi connectivity index (χ0) is 12.1. The van der Waals surface area contributed by atoms with Gasteiger partial charge in [-0.3, -0.25) is 0 Å². The lowest BCUT2D eigenvalue weighted by Crippen LogP contribution is -2.14. The van der Waals surface area contributed by atoms with Crippen LogP contribution in [0, 0.1) is 11.8 Å². The Morgan fingerprint density at radius 2 is 2.06 bits per heavy atom. The molecular weight excluding hydrogens is 208 g/mol. The van der Waals surface area contributed by atoms with E-state index in [0.717, 1.165) is 17.6 Å². The lowest BCUT2D eigenvalue weighted by Gasteiger charge is -2.26. The molecule has 1 aromatic rings. The lowest BCUT2D eigenvalue weighted by molar-refractivity contribution is 0.269. The molecule has 17 heavy (non-hydrogen) atoms. The van der Waals surface area contributed by atoms with E-state index in [1.54, 1.807) is 7.11 Å². The topological polar surface area (TPSA) is 9.23 Å². The molecule has 1 aromatic carbocycles. The van der Waals surface area contributed by atoms with Gasteiger partial charge in [0, 0.05) is 0 Å². The monoisotopic (exact) mass is 232 g/mol. The highest BCUT2D eigenvalue weighted by atomic mass is 16.5. The van der Waals surface area contributed by atoms with Crippen molar-refractivity contribution in [1.82, 2.24) is 0 Å². The molecule has 0 radical (unpaired) electrons. The van der Waals surface area contributed by atoms with Crippen molar-refractivity contribution in [1.29, 1.82) is 0 Å². The molecule has 0 aliphatic heterocycles. The van der Waals surface area contributed by atoms with Crippen molar-refractivity contribution in [2.45, 2.75) is 45.4 Å². The van der Waals surface area contributed by atoms with Gasteiger partial charge in [-0.15, -0.1) is 0 Å². The second kappa shape index (κ2) is 6.09. The van der Waals surface area contributed by atoms with Crippen molar-refractivity contribution in [2.24, 2.45) is 11.8 Å². The Balaban J connectivity index is 1.88. The molecule has 0 amide bonds. The van der Waals surface area contributed by atoms with Crippen molar-refractivity contribution < 1.29 is 4.74 Å². The highest BCUT2D eigenvalue weighted by Crippen LogP contribution is 2.32. The predicted molar refractivity (Wildman–Crippen MR) is 72.4 cm³/mol.